The predicted octanol–water partition coefficient (Wildman–Crippen LogP) is 1.34. The second-order valence-electron chi connectivity index (χ2n) is 5.78. The Hall–Kier alpha value is -2.70. The first kappa shape index (κ1) is 16.2. The highest BCUT2D eigenvalue weighted by atomic mass is 16.5. The lowest BCUT2D eigenvalue weighted by molar-refractivity contribution is -0.149. The summed E-state index contributed by atoms with van der Waals surface area (Å²) in [5, 5.41) is 0.598. The van der Waals surface area contributed by atoms with E-state index in [1.165, 1.54) is 0 Å². The van der Waals surface area contributed by atoms with Crippen molar-refractivity contribution in [2.45, 2.75) is 19.8 Å². The number of rotatable bonds is 3. The lowest BCUT2D eigenvalue weighted by atomic mass is 9.97. The number of amides is 1. The van der Waals surface area contributed by atoms with Gasteiger partial charge in [-0.3, -0.25) is 9.59 Å². The summed E-state index contributed by atoms with van der Waals surface area (Å²) in [4.78, 5) is 44.6. The maximum absolute atomic E-state index is 12.9. The number of fused-ring (bicyclic) bond motifs is 1. The van der Waals surface area contributed by atoms with Crippen LogP contribution in [0.1, 0.15) is 30.3 Å². The monoisotopic (exact) mass is 329 g/mol. The van der Waals surface area contributed by atoms with Gasteiger partial charge in [0.05, 0.1) is 18.0 Å². The molecular weight excluding hydrogens is 310 g/mol. The molecule has 0 aliphatic carbocycles. The van der Waals surface area contributed by atoms with E-state index in [2.05, 4.69) is 9.97 Å². The van der Waals surface area contributed by atoms with Crippen LogP contribution in [0.25, 0.3) is 10.9 Å². The average molecular weight is 329 g/mol. The molecule has 1 N–H and O–H groups in total. The molecule has 1 aliphatic heterocycles. The van der Waals surface area contributed by atoms with Crippen LogP contribution in [0.15, 0.2) is 29.1 Å². The van der Waals surface area contributed by atoms with Crippen LogP contribution in [0.5, 0.6) is 0 Å². The largest absolute Gasteiger partial charge is 0.466 e. The molecule has 1 aliphatic rings. The van der Waals surface area contributed by atoms with Crippen LogP contribution in [0, 0.1) is 5.92 Å². The van der Waals surface area contributed by atoms with Crippen LogP contribution < -0.4 is 5.69 Å². The number of piperidine rings is 1. The lowest BCUT2D eigenvalue weighted by Gasteiger charge is -2.31. The molecule has 1 aromatic heterocycles. The van der Waals surface area contributed by atoms with E-state index >= 15 is 0 Å². The smallest absolute Gasteiger partial charge is 0.346 e. The predicted molar refractivity (Wildman–Crippen MR) is 87.6 cm³/mol. The number of carbonyl (C=O) groups excluding carboxylic acids is 2. The van der Waals surface area contributed by atoms with Crippen LogP contribution >= 0.6 is 0 Å². The highest BCUT2D eigenvalue weighted by Gasteiger charge is 2.31. The maximum Gasteiger partial charge on any atom is 0.346 e. The number of benzene rings is 1. The molecule has 2 heterocycles. The van der Waals surface area contributed by atoms with E-state index in [9.17, 15) is 14.4 Å². The molecule has 3 rings (SSSR count). The Morgan fingerprint density at radius 3 is 2.96 bits per heavy atom. The van der Waals surface area contributed by atoms with E-state index in [4.69, 9.17) is 4.74 Å². The average Bonchev–Trinajstić information content (AvgIpc) is 2.60. The molecule has 1 amide bonds. The number of aromatic nitrogens is 2. The first-order valence-corrected chi connectivity index (χ1v) is 8.05. The van der Waals surface area contributed by atoms with Gasteiger partial charge in [0, 0.05) is 18.5 Å². The zero-order chi connectivity index (χ0) is 17.1. The quantitative estimate of drug-likeness (QED) is 0.858. The number of aromatic amines is 1. The topological polar surface area (TPSA) is 92.4 Å². The molecule has 1 fully saturated rings. The van der Waals surface area contributed by atoms with Gasteiger partial charge < -0.3 is 14.6 Å². The van der Waals surface area contributed by atoms with E-state index in [-0.39, 0.29) is 23.5 Å². The molecule has 126 valence electrons. The summed E-state index contributed by atoms with van der Waals surface area (Å²) in [6, 6.07) is 7.05. The number of likely N-dealkylation sites (tertiary alicyclic amines) is 1. The van der Waals surface area contributed by atoms with Gasteiger partial charge >= 0.3 is 11.7 Å². The second kappa shape index (κ2) is 6.82. The molecule has 1 saturated heterocycles. The van der Waals surface area contributed by atoms with E-state index in [0.29, 0.717) is 37.0 Å². The molecule has 0 bridgehead atoms. The fourth-order valence-electron chi connectivity index (χ4n) is 3.03. The van der Waals surface area contributed by atoms with Gasteiger partial charge in [0.2, 0.25) is 0 Å². The normalized spacial score (nSPS) is 17.7. The van der Waals surface area contributed by atoms with Crippen LogP contribution in [-0.4, -0.2) is 46.4 Å². The zero-order valence-electron chi connectivity index (χ0n) is 13.4. The number of ether oxygens (including phenoxy) is 1. The molecule has 1 unspecified atom stereocenters. The lowest BCUT2D eigenvalue weighted by Crippen LogP contribution is -2.43. The van der Waals surface area contributed by atoms with Gasteiger partial charge in [0.15, 0.2) is 0 Å². The van der Waals surface area contributed by atoms with Gasteiger partial charge in [-0.25, -0.2) is 4.79 Å². The standard InChI is InChI=1S/C17H19N3O4/c1-2-24-16(22)11-6-5-9-20(10-11)15(21)14-12-7-3-4-8-13(12)18-17(23)19-14/h3-4,7-8,11H,2,5-6,9-10H2,1H3,(H,18,19,23). The first-order valence-electron chi connectivity index (χ1n) is 8.05. The summed E-state index contributed by atoms with van der Waals surface area (Å²) in [5.74, 6) is -0.930. The van der Waals surface area contributed by atoms with Gasteiger partial charge in [-0.2, -0.15) is 4.98 Å². The summed E-state index contributed by atoms with van der Waals surface area (Å²) in [6.45, 7) is 2.91. The molecule has 2 aromatic rings. The number of para-hydroxylation sites is 1. The summed E-state index contributed by atoms with van der Waals surface area (Å²) in [5.41, 5.74) is 0.134. The number of carbonyl (C=O) groups is 2. The van der Waals surface area contributed by atoms with Crippen LogP contribution in [-0.2, 0) is 9.53 Å². The summed E-state index contributed by atoms with van der Waals surface area (Å²) >= 11 is 0. The fourth-order valence-corrected chi connectivity index (χ4v) is 3.03. The van der Waals surface area contributed by atoms with Crippen molar-refractivity contribution in [2.75, 3.05) is 19.7 Å². The Balaban J connectivity index is 1.89. The SMILES string of the molecule is CCOC(=O)C1CCCN(C(=O)c2nc(=O)[nH]c3ccccc23)C1. The van der Waals surface area contributed by atoms with Crippen molar-refractivity contribution in [1.29, 1.82) is 0 Å². The molecule has 24 heavy (non-hydrogen) atoms. The minimum atomic E-state index is -0.559. The summed E-state index contributed by atoms with van der Waals surface area (Å²) < 4.78 is 5.06. The van der Waals surface area contributed by atoms with E-state index < -0.39 is 5.69 Å². The van der Waals surface area contributed by atoms with E-state index in [1.807, 2.05) is 0 Å². The zero-order valence-corrected chi connectivity index (χ0v) is 13.4. The van der Waals surface area contributed by atoms with Gasteiger partial charge in [-0.05, 0) is 25.8 Å². The van der Waals surface area contributed by atoms with Gasteiger partial charge in [-0.1, -0.05) is 18.2 Å². The van der Waals surface area contributed by atoms with Crippen molar-refractivity contribution >= 4 is 22.8 Å². The van der Waals surface area contributed by atoms with Gasteiger partial charge in [0.1, 0.15) is 5.69 Å². The van der Waals surface area contributed by atoms with E-state index in [1.54, 1.807) is 36.1 Å². The van der Waals surface area contributed by atoms with Gasteiger partial charge in [-0.15, -0.1) is 0 Å². The molecule has 1 atom stereocenters. The van der Waals surface area contributed by atoms with Crippen LogP contribution in [0.3, 0.4) is 0 Å². The minimum Gasteiger partial charge on any atom is -0.466 e. The number of nitrogens with zero attached hydrogens (tertiary/aromatic N) is 2. The Morgan fingerprint density at radius 1 is 1.38 bits per heavy atom. The number of hydrogen-bond acceptors (Lipinski definition) is 5. The number of esters is 1. The molecule has 0 saturated carbocycles. The first-order chi connectivity index (χ1) is 11.6. The molecule has 1 aromatic carbocycles. The number of hydrogen-bond donors (Lipinski definition) is 1. The molecule has 0 radical (unpaired) electrons. The Labute approximate surface area is 138 Å². The third-order valence-electron chi connectivity index (χ3n) is 4.17. The third kappa shape index (κ3) is 3.15. The highest BCUT2D eigenvalue weighted by Crippen LogP contribution is 2.21. The van der Waals surface area contributed by atoms with E-state index in [0.717, 1.165) is 6.42 Å². The van der Waals surface area contributed by atoms with Crippen molar-refractivity contribution < 1.29 is 14.3 Å². The van der Waals surface area contributed by atoms with Crippen molar-refractivity contribution in [2.24, 2.45) is 5.92 Å². The minimum absolute atomic E-state index is 0.124. The maximum atomic E-state index is 12.9. The highest BCUT2D eigenvalue weighted by molar-refractivity contribution is 6.04. The molecule has 7 nitrogen and oxygen atoms in total. The van der Waals surface area contributed by atoms with Crippen molar-refractivity contribution in [3.05, 3.63) is 40.4 Å². The summed E-state index contributed by atoms with van der Waals surface area (Å²) in [6.07, 6.45) is 1.42. The Kier molecular flexibility index (Phi) is 4.59. The van der Waals surface area contributed by atoms with Gasteiger partial charge in [0.25, 0.3) is 5.91 Å². The molecule has 7 heteroatoms. The molecule has 0 spiro atoms. The Morgan fingerprint density at radius 2 is 2.17 bits per heavy atom. The second-order valence-corrected chi connectivity index (χ2v) is 5.78. The van der Waals surface area contributed by atoms with Crippen LogP contribution in [0.4, 0.5) is 0 Å². The third-order valence-corrected chi connectivity index (χ3v) is 4.17. The number of nitrogens with one attached hydrogen (secondary N) is 1. The molecular formula is C17H19N3O4. The van der Waals surface area contributed by atoms with Crippen molar-refractivity contribution in [1.82, 2.24) is 14.9 Å². The summed E-state index contributed by atoms with van der Waals surface area (Å²) in [7, 11) is 0. The fraction of sp³-hybridized carbons (Fsp3) is 0.412. The Bertz CT molecular complexity index is 830. The van der Waals surface area contributed by atoms with Crippen LogP contribution in [0.2, 0.25) is 0 Å². The number of H-pyrrole nitrogens is 1. The van der Waals surface area contributed by atoms with Crippen molar-refractivity contribution in [3.63, 3.8) is 0 Å². The van der Waals surface area contributed by atoms with Crippen molar-refractivity contribution in [3.8, 4) is 0 Å².